The summed E-state index contributed by atoms with van der Waals surface area (Å²) in [5.41, 5.74) is 0. The lowest BCUT2D eigenvalue weighted by Crippen LogP contribution is -2.19. The van der Waals surface area contributed by atoms with E-state index < -0.39 is 15.1 Å². The third-order valence-corrected chi connectivity index (χ3v) is 5.57. The number of hydrogen-bond acceptors (Lipinski definition) is 4. The van der Waals surface area contributed by atoms with E-state index in [2.05, 4.69) is 0 Å². The monoisotopic (exact) mass is 262 g/mol. The Morgan fingerprint density at radius 2 is 2.06 bits per heavy atom. The van der Waals surface area contributed by atoms with Crippen molar-refractivity contribution in [3.05, 3.63) is 22.4 Å². The third kappa shape index (κ3) is 3.88. The van der Waals surface area contributed by atoms with Gasteiger partial charge in [-0.3, -0.25) is 0 Å². The molecule has 0 aliphatic heterocycles. The average Bonchev–Trinajstić information content (AvgIpc) is 2.68. The molecule has 1 aromatic heterocycles. The SMILES string of the molecule is CC(C)OCCS(=O)(=O)C(C)c1cccs1. The fourth-order valence-electron chi connectivity index (χ4n) is 1.28. The lowest BCUT2D eigenvalue weighted by atomic mass is 10.4. The average molecular weight is 262 g/mol. The smallest absolute Gasteiger partial charge is 0.160 e. The molecular formula is C11H18O3S2. The highest BCUT2D eigenvalue weighted by Crippen LogP contribution is 2.26. The van der Waals surface area contributed by atoms with Crippen LogP contribution in [0.15, 0.2) is 17.5 Å². The highest BCUT2D eigenvalue weighted by Gasteiger charge is 2.23. The van der Waals surface area contributed by atoms with Gasteiger partial charge in [0.2, 0.25) is 0 Å². The van der Waals surface area contributed by atoms with E-state index in [0.29, 0.717) is 0 Å². The molecule has 0 aliphatic rings. The molecule has 1 heterocycles. The topological polar surface area (TPSA) is 43.4 Å². The van der Waals surface area contributed by atoms with Gasteiger partial charge in [0.1, 0.15) is 0 Å². The molecule has 0 radical (unpaired) electrons. The Morgan fingerprint density at radius 3 is 2.56 bits per heavy atom. The first-order valence-corrected chi connectivity index (χ1v) is 7.89. The molecule has 1 rings (SSSR count). The second-order valence-electron chi connectivity index (χ2n) is 3.94. The summed E-state index contributed by atoms with van der Waals surface area (Å²) >= 11 is 1.48. The zero-order chi connectivity index (χ0) is 12.2. The van der Waals surface area contributed by atoms with Gasteiger partial charge in [0.15, 0.2) is 9.84 Å². The summed E-state index contributed by atoms with van der Waals surface area (Å²) in [6.07, 6.45) is 0.0762. The van der Waals surface area contributed by atoms with E-state index in [1.165, 1.54) is 11.3 Å². The number of rotatable bonds is 6. The van der Waals surface area contributed by atoms with Gasteiger partial charge in [-0.1, -0.05) is 6.07 Å². The summed E-state index contributed by atoms with van der Waals surface area (Å²) in [7, 11) is -3.09. The Labute approximate surface area is 101 Å². The van der Waals surface area contributed by atoms with Gasteiger partial charge in [0, 0.05) is 4.88 Å². The second kappa shape index (κ2) is 5.80. The van der Waals surface area contributed by atoms with Crippen molar-refractivity contribution < 1.29 is 13.2 Å². The molecule has 3 nitrogen and oxygen atoms in total. The zero-order valence-electron chi connectivity index (χ0n) is 9.84. The molecule has 0 amide bonds. The summed E-state index contributed by atoms with van der Waals surface area (Å²) < 4.78 is 29.1. The minimum absolute atomic E-state index is 0.0762. The van der Waals surface area contributed by atoms with Crippen molar-refractivity contribution >= 4 is 21.2 Å². The van der Waals surface area contributed by atoms with Gasteiger partial charge in [0.25, 0.3) is 0 Å². The van der Waals surface area contributed by atoms with Crippen LogP contribution in [0, 0.1) is 0 Å². The molecule has 0 saturated carbocycles. The molecular weight excluding hydrogens is 244 g/mol. The van der Waals surface area contributed by atoms with Crippen LogP contribution in [0.2, 0.25) is 0 Å². The normalized spacial score (nSPS) is 14.2. The van der Waals surface area contributed by atoms with Crippen molar-refractivity contribution in [1.82, 2.24) is 0 Å². The van der Waals surface area contributed by atoms with Crippen molar-refractivity contribution in [2.45, 2.75) is 32.1 Å². The maximum Gasteiger partial charge on any atom is 0.160 e. The lowest BCUT2D eigenvalue weighted by Gasteiger charge is -2.12. The van der Waals surface area contributed by atoms with Crippen LogP contribution in [-0.4, -0.2) is 26.9 Å². The van der Waals surface area contributed by atoms with E-state index in [1.807, 2.05) is 31.4 Å². The van der Waals surface area contributed by atoms with E-state index in [4.69, 9.17) is 4.74 Å². The molecule has 16 heavy (non-hydrogen) atoms. The molecule has 0 spiro atoms. The van der Waals surface area contributed by atoms with Crippen LogP contribution >= 0.6 is 11.3 Å². The number of hydrogen-bond donors (Lipinski definition) is 0. The first-order chi connectivity index (χ1) is 7.43. The molecule has 0 bridgehead atoms. The predicted molar refractivity (Wildman–Crippen MR) is 67.6 cm³/mol. The Morgan fingerprint density at radius 1 is 1.38 bits per heavy atom. The van der Waals surface area contributed by atoms with E-state index in [-0.39, 0.29) is 18.5 Å². The van der Waals surface area contributed by atoms with Gasteiger partial charge in [-0.25, -0.2) is 8.42 Å². The molecule has 92 valence electrons. The number of thiophene rings is 1. The van der Waals surface area contributed by atoms with Crippen LogP contribution in [0.1, 0.15) is 30.9 Å². The van der Waals surface area contributed by atoms with E-state index >= 15 is 0 Å². The molecule has 0 fully saturated rings. The highest BCUT2D eigenvalue weighted by atomic mass is 32.2. The fraction of sp³-hybridized carbons (Fsp3) is 0.636. The van der Waals surface area contributed by atoms with E-state index in [1.54, 1.807) is 6.92 Å². The van der Waals surface area contributed by atoms with Gasteiger partial charge in [-0.2, -0.15) is 0 Å². The molecule has 0 aromatic carbocycles. The second-order valence-corrected chi connectivity index (χ2v) is 7.36. The van der Waals surface area contributed by atoms with Crippen molar-refractivity contribution in [3.8, 4) is 0 Å². The number of sulfone groups is 1. The Bertz CT molecular complexity index is 393. The van der Waals surface area contributed by atoms with Crippen molar-refractivity contribution in [3.63, 3.8) is 0 Å². The van der Waals surface area contributed by atoms with Gasteiger partial charge >= 0.3 is 0 Å². The van der Waals surface area contributed by atoms with E-state index in [9.17, 15) is 8.42 Å². The zero-order valence-corrected chi connectivity index (χ0v) is 11.5. The Balaban J connectivity index is 2.57. The maximum absolute atomic E-state index is 11.9. The minimum Gasteiger partial charge on any atom is -0.378 e. The molecule has 1 aromatic rings. The fourth-order valence-corrected chi connectivity index (χ4v) is 3.66. The van der Waals surface area contributed by atoms with Gasteiger partial charge in [0.05, 0.1) is 23.7 Å². The van der Waals surface area contributed by atoms with Crippen molar-refractivity contribution in [2.24, 2.45) is 0 Å². The lowest BCUT2D eigenvalue weighted by molar-refractivity contribution is 0.0912. The molecule has 1 atom stereocenters. The first kappa shape index (κ1) is 13.7. The van der Waals surface area contributed by atoms with Crippen LogP contribution in [-0.2, 0) is 14.6 Å². The predicted octanol–water partition coefficient (Wildman–Crippen LogP) is 2.65. The van der Waals surface area contributed by atoms with Crippen LogP contribution in [0.4, 0.5) is 0 Å². The minimum atomic E-state index is -3.09. The maximum atomic E-state index is 11.9. The van der Waals surface area contributed by atoms with Crippen LogP contribution in [0.5, 0.6) is 0 Å². The quantitative estimate of drug-likeness (QED) is 0.791. The Kier molecular flexibility index (Phi) is 4.95. The van der Waals surface area contributed by atoms with Crippen LogP contribution in [0.3, 0.4) is 0 Å². The summed E-state index contributed by atoms with van der Waals surface area (Å²) in [5, 5.41) is 1.47. The van der Waals surface area contributed by atoms with Gasteiger partial charge < -0.3 is 4.74 Å². The third-order valence-electron chi connectivity index (χ3n) is 2.30. The summed E-state index contributed by atoms with van der Waals surface area (Å²) in [4.78, 5) is 0.893. The summed E-state index contributed by atoms with van der Waals surface area (Å²) in [6, 6.07) is 3.73. The first-order valence-electron chi connectivity index (χ1n) is 5.30. The van der Waals surface area contributed by atoms with Gasteiger partial charge in [-0.15, -0.1) is 11.3 Å². The number of ether oxygens (including phenoxy) is 1. The molecule has 0 aliphatic carbocycles. The van der Waals surface area contributed by atoms with Crippen LogP contribution in [0.25, 0.3) is 0 Å². The molecule has 1 unspecified atom stereocenters. The van der Waals surface area contributed by atoms with Crippen molar-refractivity contribution in [1.29, 1.82) is 0 Å². The van der Waals surface area contributed by atoms with E-state index in [0.717, 1.165) is 4.88 Å². The molecule has 0 saturated heterocycles. The highest BCUT2D eigenvalue weighted by molar-refractivity contribution is 7.91. The molecule has 0 N–H and O–H groups in total. The summed E-state index contributed by atoms with van der Waals surface area (Å²) in [5.74, 6) is 0.0875. The largest absolute Gasteiger partial charge is 0.378 e. The van der Waals surface area contributed by atoms with Gasteiger partial charge in [-0.05, 0) is 32.2 Å². The van der Waals surface area contributed by atoms with Crippen LogP contribution < -0.4 is 0 Å². The standard InChI is InChI=1S/C11H18O3S2/c1-9(2)14-6-8-16(12,13)10(3)11-5-4-7-15-11/h4-5,7,9-10H,6,8H2,1-3H3. The Hall–Kier alpha value is -0.390. The van der Waals surface area contributed by atoms with Crippen molar-refractivity contribution in [2.75, 3.05) is 12.4 Å². The summed E-state index contributed by atoms with van der Waals surface area (Å²) in [6.45, 7) is 5.80. The molecule has 5 heteroatoms.